The molecule has 0 spiro atoms. The number of aliphatic hydroxyl groups is 2. The second-order valence-corrected chi connectivity index (χ2v) is 4.18. The van der Waals surface area contributed by atoms with Gasteiger partial charge < -0.3 is 20.1 Å². The molecule has 0 saturated carbocycles. The number of aliphatic hydroxyl groups excluding tert-OH is 2. The van der Waals surface area contributed by atoms with Gasteiger partial charge in [-0.3, -0.25) is 4.90 Å². The summed E-state index contributed by atoms with van der Waals surface area (Å²) in [6.45, 7) is -0.280. The quantitative estimate of drug-likeness (QED) is 0.601. The number of rotatable bonds is 8. The van der Waals surface area contributed by atoms with Crippen molar-refractivity contribution in [3.63, 3.8) is 0 Å². The first-order valence-electron chi connectivity index (χ1n) is 5.69. The Morgan fingerprint density at radius 1 is 1.21 bits per heavy atom. The summed E-state index contributed by atoms with van der Waals surface area (Å²) in [7, 11) is 0. The van der Waals surface area contributed by atoms with Crippen molar-refractivity contribution in [1.82, 2.24) is 4.90 Å². The average molecular weight is 290 g/mol. The van der Waals surface area contributed by atoms with E-state index >= 15 is 0 Å². The maximum atomic E-state index is 11.2. The lowest BCUT2D eigenvalue weighted by Crippen LogP contribution is -2.47. The third-order valence-electron chi connectivity index (χ3n) is 2.38. The topological polar surface area (TPSA) is 90.2 Å². The highest BCUT2D eigenvalue weighted by atomic mass is 35.5. The molecule has 0 saturated heterocycles. The van der Waals surface area contributed by atoms with Gasteiger partial charge >= 0.3 is 5.97 Å². The van der Waals surface area contributed by atoms with Gasteiger partial charge in [-0.15, -0.1) is 0 Å². The molecule has 0 radical (unpaired) electrons. The Hall–Kier alpha value is -1.34. The number of carboxylic acids is 1. The van der Waals surface area contributed by atoms with Crippen molar-refractivity contribution in [3.05, 3.63) is 29.3 Å². The smallest absolute Gasteiger partial charge is 0.360 e. The molecule has 0 fully saturated rings. The molecule has 0 aliphatic rings. The Kier molecular flexibility index (Phi) is 6.58. The van der Waals surface area contributed by atoms with Crippen LogP contribution in [-0.4, -0.2) is 58.7 Å². The van der Waals surface area contributed by atoms with E-state index in [1.165, 1.54) is 4.90 Å². The highest BCUT2D eigenvalue weighted by molar-refractivity contribution is 6.30. The Balaban J connectivity index is 2.80. The summed E-state index contributed by atoms with van der Waals surface area (Å²) in [4.78, 5) is 12.5. The number of carboxylic acid groups (broad SMARTS) is 1. The third kappa shape index (κ3) is 5.04. The predicted octanol–water partition coefficient (Wildman–Crippen LogP) is 0.416. The summed E-state index contributed by atoms with van der Waals surface area (Å²) >= 11 is 5.72. The molecule has 3 N–H and O–H groups in total. The molecule has 0 aliphatic heterocycles. The van der Waals surface area contributed by atoms with Crippen molar-refractivity contribution in [3.8, 4) is 5.75 Å². The van der Waals surface area contributed by atoms with E-state index in [0.717, 1.165) is 0 Å². The van der Waals surface area contributed by atoms with Gasteiger partial charge in [-0.05, 0) is 24.3 Å². The van der Waals surface area contributed by atoms with E-state index in [4.69, 9.17) is 31.7 Å². The van der Waals surface area contributed by atoms with E-state index in [1.807, 2.05) is 0 Å². The van der Waals surface area contributed by atoms with E-state index in [1.54, 1.807) is 24.3 Å². The number of ether oxygens (including phenoxy) is 1. The van der Waals surface area contributed by atoms with E-state index in [0.29, 0.717) is 10.8 Å². The van der Waals surface area contributed by atoms with Crippen LogP contribution in [0.4, 0.5) is 0 Å². The molecule has 19 heavy (non-hydrogen) atoms. The minimum absolute atomic E-state index is 0.0884. The molecule has 0 amide bonds. The Morgan fingerprint density at radius 3 is 2.16 bits per heavy atom. The normalized spacial score (nSPS) is 12.4. The molecule has 6 nitrogen and oxygen atoms in total. The fourth-order valence-corrected chi connectivity index (χ4v) is 1.65. The summed E-state index contributed by atoms with van der Waals surface area (Å²) in [5, 5.41) is 27.5. The molecular weight excluding hydrogens is 274 g/mol. The second kappa shape index (κ2) is 7.96. The number of carbonyl (C=O) groups is 1. The van der Waals surface area contributed by atoms with Crippen LogP contribution in [0.2, 0.25) is 5.02 Å². The van der Waals surface area contributed by atoms with E-state index in [9.17, 15) is 4.79 Å². The molecule has 1 rings (SSSR count). The summed E-state index contributed by atoms with van der Waals surface area (Å²) in [6.07, 6.45) is -1.28. The largest absolute Gasteiger partial charge is 0.477 e. The van der Waals surface area contributed by atoms with Gasteiger partial charge in [0.25, 0.3) is 6.23 Å². The van der Waals surface area contributed by atoms with Gasteiger partial charge in [0.1, 0.15) is 5.75 Å². The minimum atomic E-state index is -1.28. The maximum Gasteiger partial charge on any atom is 0.360 e. The van der Waals surface area contributed by atoms with E-state index < -0.39 is 12.2 Å². The lowest BCUT2D eigenvalue weighted by molar-refractivity contribution is -0.155. The first-order chi connectivity index (χ1) is 9.08. The highest BCUT2D eigenvalue weighted by Crippen LogP contribution is 2.18. The van der Waals surface area contributed by atoms with Crippen molar-refractivity contribution in [2.24, 2.45) is 0 Å². The Morgan fingerprint density at radius 2 is 1.74 bits per heavy atom. The van der Waals surface area contributed by atoms with Gasteiger partial charge in [0.15, 0.2) is 0 Å². The molecule has 0 aromatic heterocycles. The van der Waals surface area contributed by atoms with Gasteiger partial charge in [0, 0.05) is 18.1 Å². The number of hydrogen-bond donors (Lipinski definition) is 3. The van der Waals surface area contributed by atoms with Crippen molar-refractivity contribution in [2.45, 2.75) is 6.23 Å². The number of halogens is 1. The number of benzene rings is 1. The minimum Gasteiger partial charge on any atom is -0.477 e. The second-order valence-electron chi connectivity index (χ2n) is 3.75. The van der Waals surface area contributed by atoms with Crippen LogP contribution in [0.15, 0.2) is 24.3 Å². The summed E-state index contributed by atoms with van der Waals surface area (Å²) in [6, 6.07) is 6.26. The fraction of sp³-hybridized carbons (Fsp3) is 0.417. The molecule has 1 aromatic carbocycles. The lowest BCUT2D eigenvalue weighted by atomic mass is 10.3. The van der Waals surface area contributed by atoms with Gasteiger partial charge in [-0.25, -0.2) is 4.79 Å². The highest BCUT2D eigenvalue weighted by Gasteiger charge is 2.26. The van der Waals surface area contributed by atoms with Crippen molar-refractivity contribution in [2.75, 3.05) is 26.3 Å². The Bertz CT molecular complexity index is 392. The zero-order valence-corrected chi connectivity index (χ0v) is 11.0. The van der Waals surface area contributed by atoms with Gasteiger partial charge in [-0.2, -0.15) is 0 Å². The van der Waals surface area contributed by atoms with Crippen LogP contribution < -0.4 is 4.74 Å². The zero-order valence-electron chi connectivity index (χ0n) is 10.2. The van der Waals surface area contributed by atoms with Crippen molar-refractivity contribution >= 4 is 17.6 Å². The molecule has 0 bridgehead atoms. The zero-order chi connectivity index (χ0) is 14.3. The van der Waals surface area contributed by atoms with E-state index in [2.05, 4.69) is 0 Å². The molecule has 1 unspecified atom stereocenters. The lowest BCUT2D eigenvalue weighted by Gasteiger charge is -2.27. The standard InChI is InChI=1S/C12H16ClNO5/c13-9-1-3-10(4-2-9)19-11(12(17)18)14(5-7-15)6-8-16/h1-4,11,15-16H,5-8H2,(H,17,18). The number of aliphatic carboxylic acids is 1. The van der Waals surface area contributed by atoms with Crippen molar-refractivity contribution in [1.29, 1.82) is 0 Å². The van der Waals surface area contributed by atoms with E-state index in [-0.39, 0.29) is 26.3 Å². The molecule has 106 valence electrons. The Labute approximate surface area is 115 Å². The summed E-state index contributed by atoms with van der Waals surface area (Å²) in [5.74, 6) is -0.852. The summed E-state index contributed by atoms with van der Waals surface area (Å²) < 4.78 is 5.34. The van der Waals surface area contributed by atoms with Crippen LogP contribution in [0.1, 0.15) is 0 Å². The van der Waals surface area contributed by atoms with Crippen LogP contribution in [0, 0.1) is 0 Å². The fourth-order valence-electron chi connectivity index (χ4n) is 1.53. The number of nitrogens with zero attached hydrogens (tertiary/aromatic N) is 1. The molecule has 7 heteroatoms. The monoisotopic (exact) mass is 289 g/mol. The van der Waals surface area contributed by atoms with Crippen molar-refractivity contribution < 1.29 is 24.9 Å². The molecule has 1 aromatic rings. The van der Waals surface area contributed by atoms with Crippen LogP contribution >= 0.6 is 11.6 Å². The van der Waals surface area contributed by atoms with Crippen LogP contribution in [0.3, 0.4) is 0 Å². The molecular formula is C12H16ClNO5. The predicted molar refractivity (Wildman–Crippen MR) is 69.2 cm³/mol. The molecule has 0 aliphatic carbocycles. The van der Waals surface area contributed by atoms with Crippen LogP contribution in [0.25, 0.3) is 0 Å². The third-order valence-corrected chi connectivity index (χ3v) is 2.63. The van der Waals surface area contributed by atoms with Gasteiger partial charge in [-0.1, -0.05) is 11.6 Å². The summed E-state index contributed by atoms with van der Waals surface area (Å²) in [5.41, 5.74) is 0. The SMILES string of the molecule is O=C(O)C(Oc1ccc(Cl)cc1)N(CCO)CCO. The van der Waals surface area contributed by atoms with Crippen LogP contribution in [-0.2, 0) is 4.79 Å². The molecule has 1 atom stereocenters. The maximum absolute atomic E-state index is 11.2. The first-order valence-corrected chi connectivity index (χ1v) is 6.07. The first kappa shape index (κ1) is 15.7. The van der Waals surface area contributed by atoms with Gasteiger partial charge in [0.2, 0.25) is 0 Å². The molecule has 0 heterocycles. The van der Waals surface area contributed by atoms with Crippen LogP contribution in [0.5, 0.6) is 5.75 Å². The average Bonchev–Trinajstić information content (AvgIpc) is 2.37. The number of hydrogen-bond acceptors (Lipinski definition) is 5. The van der Waals surface area contributed by atoms with Gasteiger partial charge in [0.05, 0.1) is 13.2 Å².